The predicted octanol–water partition coefficient (Wildman–Crippen LogP) is 0.359. The largest absolute Gasteiger partial charge is 0.347 e. The second-order valence-electron chi connectivity index (χ2n) is 5.26. The van der Waals surface area contributed by atoms with Crippen molar-refractivity contribution in [2.45, 2.75) is 39.7 Å². The Bertz CT molecular complexity index is 286. The monoisotopic (exact) mass is 255 g/mol. The molecule has 0 bridgehead atoms. The first kappa shape index (κ1) is 15.0. The molecular formula is C13H25N3O2. The smallest absolute Gasteiger partial charge is 0.242 e. The van der Waals surface area contributed by atoms with Crippen LogP contribution in [0.5, 0.6) is 0 Å². The molecule has 1 atom stereocenters. The Kier molecular flexibility index (Phi) is 6.12. The van der Waals surface area contributed by atoms with Crippen LogP contribution in [-0.4, -0.2) is 48.9 Å². The van der Waals surface area contributed by atoms with Crippen LogP contribution >= 0.6 is 0 Å². The zero-order valence-corrected chi connectivity index (χ0v) is 11.7. The van der Waals surface area contributed by atoms with E-state index in [9.17, 15) is 9.59 Å². The van der Waals surface area contributed by atoms with E-state index < -0.39 is 0 Å². The molecule has 0 aliphatic carbocycles. The van der Waals surface area contributed by atoms with Crippen molar-refractivity contribution in [2.24, 2.45) is 5.92 Å². The molecule has 0 aromatic carbocycles. The van der Waals surface area contributed by atoms with E-state index in [4.69, 9.17) is 0 Å². The van der Waals surface area contributed by atoms with Crippen LogP contribution in [0.4, 0.5) is 0 Å². The number of hydrogen-bond donors (Lipinski definition) is 2. The maximum Gasteiger partial charge on any atom is 0.242 e. The SMILES string of the molecule is CC(=O)NCC(=O)N(CC1CCCNC1)C(C)C. The van der Waals surface area contributed by atoms with E-state index in [1.807, 2.05) is 18.7 Å². The highest BCUT2D eigenvalue weighted by atomic mass is 16.2. The van der Waals surface area contributed by atoms with E-state index >= 15 is 0 Å². The molecule has 2 amide bonds. The van der Waals surface area contributed by atoms with Crippen LogP contribution < -0.4 is 10.6 Å². The third kappa shape index (κ3) is 5.04. The Morgan fingerprint density at radius 1 is 1.44 bits per heavy atom. The Labute approximate surface area is 109 Å². The van der Waals surface area contributed by atoms with Crippen molar-refractivity contribution in [3.8, 4) is 0 Å². The minimum absolute atomic E-state index is 0.00535. The van der Waals surface area contributed by atoms with Gasteiger partial charge in [-0.25, -0.2) is 0 Å². The van der Waals surface area contributed by atoms with Gasteiger partial charge in [-0.15, -0.1) is 0 Å². The minimum Gasteiger partial charge on any atom is -0.347 e. The second kappa shape index (κ2) is 7.36. The zero-order valence-electron chi connectivity index (χ0n) is 11.7. The fraction of sp³-hybridized carbons (Fsp3) is 0.846. The number of nitrogens with zero attached hydrogens (tertiary/aromatic N) is 1. The number of hydrogen-bond acceptors (Lipinski definition) is 3. The van der Waals surface area contributed by atoms with E-state index in [-0.39, 0.29) is 24.4 Å². The average Bonchev–Trinajstić information content (AvgIpc) is 2.34. The molecule has 0 saturated carbocycles. The molecular weight excluding hydrogens is 230 g/mol. The lowest BCUT2D eigenvalue weighted by atomic mass is 9.98. The molecule has 1 saturated heterocycles. The molecule has 0 spiro atoms. The molecule has 18 heavy (non-hydrogen) atoms. The molecule has 5 nitrogen and oxygen atoms in total. The van der Waals surface area contributed by atoms with Crippen molar-refractivity contribution in [3.05, 3.63) is 0 Å². The van der Waals surface area contributed by atoms with Crippen molar-refractivity contribution in [3.63, 3.8) is 0 Å². The van der Waals surface area contributed by atoms with Crippen molar-refractivity contribution in [2.75, 3.05) is 26.2 Å². The average molecular weight is 255 g/mol. The van der Waals surface area contributed by atoms with Gasteiger partial charge in [-0.3, -0.25) is 9.59 Å². The number of rotatable bonds is 5. The summed E-state index contributed by atoms with van der Waals surface area (Å²) < 4.78 is 0. The molecule has 5 heteroatoms. The number of carbonyl (C=O) groups is 2. The van der Waals surface area contributed by atoms with E-state index in [0.29, 0.717) is 5.92 Å². The highest BCUT2D eigenvalue weighted by molar-refractivity contribution is 5.83. The highest BCUT2D eigenvalue weighted by Crippen LogP contribution is 2.13. The molecule has 1 heterocycles. The van der Waals surface area contributed by atoms with Crippen LogP contribution in [0.15, 0.2) is 0 Å². The van der Waals surface area contributed by atoms with Crippen LogP contribution in [-0.2, 0) is 9.59 Å². The van der Waals surface area contributed by atoms with Gasteiger partial charge in [0.25, 0.3) is 0 Å². The summed E-state index contributed by atoms with van der Waals surface area (Å²) in [6.07, 6.45) is 2.35. The van der Waals surface area contributed by atoms with Crippen molar-refractivity contribution in [1.82, 2.24) is 15.5 Å². The summed E-state index contributed by atoms with van der Waals surface area (Å²) in [5.74, 6) is 0.375. The van der Waals surface area contributed by atoms with Crippen molar-refractivity contribution < 1.29 is 9.59 Å². The number of amides is 2. The predicted molar refractivity (Wildman–Crippen MR) is 71.1 cm³/mol. The lowest BCUT2D eigenvalue weighted by molar-refractivity contribution is -0.134. The zero-order chi connectivity index (χ0) is 13.5. The Morgan fingerprint density at radius 3 is 2.67 bits per heavy atom. The van der Waals surface area contributed by atoms with Crippen LogP contribution in [0.3, 0.4) is 0 Å². The van der Waals surface area contributed by atoms with Gasteiger partial charge in [-0.05, 0) is 45.7 Å². The number of piperidine rings is 1. The summed E-state index contributed by atoms with van der Waals surface area (Å²) in [5.41, 5.74) is 0. The summed E-state index contributed by atoms with van der Waals surface area (Å²) in [5, 5.41) is 5.93. The molecule has 104 valence electrons. The molecule has 1 unspecified atom stereocenters. The van der Waals surface area contributed by atoms with Gasteiger partial charge in [0.1, 0.15) is 0 Å². The maximum atomic E-state index is 12.1. The van der Waals surface area contributed by atoms with Gasteiger partial charge in [0, 0.05) is 19.5 Å². The van der Waals surface area contributed by atoms with Gasteiger partial charge in [-0.1, -0.05) is 0 Å². The third-order valence-corrected chi connectivity index (χ3v) is 3.29. The summed E-state index contributed by atoms with van der Waals surface area (Å²) in [6, 6.07) is 0.174. The lowest BCUT2D eigenvalue weighted by Crippen LogP contribution is -2.47. The van der Waals surface area contributed by atoms with Crippen molar-refractivity contribution in [1.29, 1.82) is 0 Å². The molecule has 1 aliphatic heterocycles. The molecule has 0 radical (unpaired) electrons. The lowest BCUT2D eigenvalue weighted by Gasteiger charge is -2.33. The third-order valence-electron chi connectivity index (χ3n) is 3.29. The molecule has 1 aliphatic rings. The topological polar surface area (TPSA) is 61.4 Å². The summed E-state index contributed by atoms with van der Waals surface area (Å²) >= 11 is 0. The van der Waals surface area contributed by atoms with E-state index in [1.54, 1.807) is 0 Å². The summed E-state index contributed by atoms with van der Waals surface area (Å²) in [4.78, 5) is 24.8. The standard InChI is InChI=1S/C13H25N3O2/c1-10(2)16(13(18)8-15-11(3)17)9-12-5-4-6-14-7-12/h10,12,14H,4-9H2,1-3H3,(H,15,17). The van der Waals surface area contributed by atoms with Crippen LogP contribution in [0.1, 0.15) is 33.6 Å². The van der Waals surface area contributed by atoms with Crippen LogP contribution in [0.2, 0.25) is 0 Å². The van der Waals surface area contributed by atoms with Gasteiger partial charge in [0.05, 0.1) is 6.54 Å². The summed E-state index contributed by atoms with van der Waals surface area (Å²) in [6.45, 7) is 8.41. The molecule has 1 rings (SSSR count). The van der Waals surface area contributed by atoms with Crippen molar-refractivity contribution >= 4 is 11.8 Å². The quantitative estimate of drug-likeness (QED) is 0.745. The Hall–Kier alpha value is -1.10. The van der Waals surface area contributed by atoms with Crippen LogP contribution in [0.25, 0.3) is 0 Å². The highest BCUT2D eigenvalue weighted by Gasteiger charge is 2.22. The molecule has 0 aromatic heterocycles. The maximum absolute atomic E-state index is 12.1. The number of nitrogens with one attached hydrogen (secondary N) is 2. The number of carbonyl (C=O) groups excluding carboxylic acids is 2. The first-order chi connectivity index (χ1) is 8.50. The molecule has 1 fully saturated rings. The van der Waals surface area contributed by atoms with Gasteiger partial charge in [-0.2, -0.15) is 0 Å². The first-order valence-electron chi connectivity index (χ1n) is 6.75. The van der Waals surface area contributed by atoms with Gasteiger partial charge in [0.2, 0.25) is 11.8 Å². The Balaban J connectivity index is 2.47. The van der Waals surface area contributed by atoms with E-state index in [2.05, 4.69) is 10.6 Å². The summed E-state index contributed by atoms with van der Waals surface area (Å²) in [7, 11) is 0. The normalized spacial score (nSPS) is 19.7. The fourth-order valence-electron chi connectivity index (χ4n) is 2.26. The van der Waals surface area contributed by atoms with Gasteiger partial charge < -0.3 is 15.5 Å². The van der Waals surface area contributed by atoms with Gasteiger partial charge in [0.15, 0.2) is 0 Å². The van der Waals surface area contributed by atoms with E-state index in [1.165, 1.54) is 19.8 Å². The molecule has 0 aromatic rings. The Morgan fingerprint density at radius 2 is 2.17 bits per heavy atom. The van der Waals surface area contributed by atoms with Crippen LogP contribution in [0, 0.1) is 5.92 Å². The fourth-order valence-corrected chi connectivity index (χ4v) is 2.26. The first-order valence-corrected chi connectivity index (χ1v) is 6.75. The van der Waals surface area contributed by atoms with Gasteiger partial charge >= 0.3 is 0 Å². The molecule has 2 N–H and O–H groups in total. The minimum atomic E-state index is -0.161. The van der Waals surface area contributed by atoms with E-state index in [0.717, 1.165) is 19.6 Å². The second-order valence-corrected chi connectivity index (χ2v) is 5.26.